The highest BCUT2D eigenvalue weighted by molar-refractivity contribution is 5.67. The third kappa shape index (κ3) is 7.50. The molecule has 0 aromatic heterocycles. The second kappa shape index (κ2) is 5.97. The summed E-state index contributed by atoms with van der Waals surface area (Å²) in [4.78, 5) is 10.0. The normalized spacial score (nSPS) is 13.3. The second-order valence-corrected chi connectivity index (χ2v) is 3.30. The van der Waals surface area contributed by atoms with Gasteiger partial charge in [0.15, 0.2) is 0 Å². The fraction of sp³-hybridized carbons (Fsp3) is 0.875. The van der Waals surface area contributed by atoms with E-state index in [2.05, 4.69) is 13.8 Å². The number of carbonyl (C=O) groups is 1. The molecule has 0 aliphatic carbocycles. The van der Waals surface area contributed by atoms with Crippen LogP contribution in [0.1, 0.15) is 20.3 Å². The van der Waals surface area contributed by atoms with E-state index in [1.165, 1.54) is 0 Å². The van der Waals surface area contributed by atoms with E-state index in [-0.39, 0.29) is 12.6 Å². The molecule has 0 radical (unpaired) electrons. The molecule has 0 aliphatic heterocycles. The van der Waals surface area contributed by atoms with Crippen LogP contribution in [-0.4, -0.2) is 30.3 Å². The summed E-state index contributed by atoms with van der Waals surface area (Å²) in [7, 11) is 0. The zero-order valence-corrected chi connectivity index (χ0v) is 7.62. The van der Waals surface area contributed by atoms with E-state index in [1.807, 2.05) is 0 Å². The summed E-state index contributed by atoms with van der Waals surface area (Å²) < 4.78 is 4.83. The Kier molecular flexibility index (Phi) is 5.66. The van der Waals surface area contributed by atoms with Crippen molar-refractivity contribution in [3.63, 3.8) is 0 Å². The standard InChI is InChI=1S/C8H17NO3/c1-6(2)3-7(9)4-12-5-8(10)11/h6-7H,3-5,9H2,1-2H3,(H,10,11)/t7-/m1/s1. The average molecular weight is 175 g/mol. The van der Waals surface area contributed by atoms with Gasteiger partial charge in [0, 0.05) is 6.04 Å². The minimum Gasteiger partial charge on any atom is -0.480 e. The largest absolute Gasteiger partial charge is 0.480 e. The molecular weight excluding hydrogens is 158 g/mol. The van der Waals surface area contributed by atoms with Crippen LogP contribution in [0, 0.1) is 5.92 Å². The van der Waals surface area contributed by atoms with Crippen LogP contribution in [0.2, 0.25) is 0 Å². The van der Waals surface area contributed by atoms with Gasteiger partial charge in [-0.05, 0) is 12.3 Å². The van der Waals surface area contributed by atoms with E-state index in [9.17, 15) is 4.79 Å². The van der Waals surface area contributed by atoms with Crippen molar-refractivity contribution < 1.29 is 14.6 Å². The highest BCUT2D eigenvalue weighted by Crippen LogP contribution is 2.02. The van der Waals surface area contributed by atoms with Gasteiger partial charge in [-0.1, -0.05) is 13.8 Å². The number of nitrogens with two attached hydrogens (primary N) is 1. The first-order chi connectivity index (χ1) is 5.52. The fourth-order valence-electron chi connectivity index (χ4n) is 0.971. The quantitative estimate of drug-likeness (QED) is 0.615. The predicted molar refractivity (Wildman–Crippen MR) is 45.9 cm³/mol. The van der Waals surface area contributed by atoms with Gasteiger partial charge in [-0.3, -0.25) is 0 Å². The Morgan fingerprint density at radius 1 is 1.58 bits per heavy atom. The number of hydrogen-bond donors (Lipinski definition) is 2. The number of hydrogen-bond acceptors (Lipinski definition) is 3. The first-order valence-electron chi connectivity index (χ1n) is 4.07. The van der Waals surface area contributed by atoms with Crippen LogP contribution < -0.4 is 5.73 Å². The first-order valence-corrected chi connectivity index (χ1v) is 4.07. The second-order valence-electron chi connectivity index (χ2n) is 3.30. The summed E-state index contributed by atoms with van der Waals surface area (Å²) in [5.41, 5.74) is 5.64. The van der Waals surface area contributed by atoms with Crippen molar-refractivity contribution in [2.75, 3.05) is 13.2 Å². The topological polar surface area (TPSA) is 72.5 Å². The SMILES string of the molecule is CC(C)C[C@@H](N)COCC(=O)O. The van der Waals surface area contributed by atoms with Crippen LogP contribution in [0.25, 0.3) is 0 Å². The molecule has 72 valence electrons. The molecule has 0 spiro atoms. The van der Waals surface area contributed by atoms with Crippen molar-refractivity contribution >= 4 is 5.97 Å². The van der Waals surface area contributed by atoms with Gasteiger partial charge in [0.2, 0.25) is 0 Å². The molecule has 12 heavy (non-hydrogen) atoms. The molecule has 0 unspecified atom stereocenters. The maximum atomic E-state index is 10.0. The summed E-state index contributed by atoms with van der Waals surface area (Å²) in [5.74, 6) is -0.430. The Morgan fingerprint density at radius 3 is 2.58 bits per heavy atom. The maximum Gasteiger partial charge on any atom is 0.329 e. The fourth-order valence-corrected chi connectivity index (χ4v) is 0.971. The Labute approximate surface area is 72.7 Å². The van der Waals surface area contributed by atoms with Crippen LogP contribution in [0.4, 0.5) is 0 Å². The summed E-state index contributed by atoms with van der Waals surface area (Å²) in [5, 5.41) is 8.24. The van der Waals surface area contributed by atoms with Gasteiger partial charge in [-0.2, -0.15) is 0 Å². The zero-order chi connectivity index (χ0) is 9.56. The summed E-state index contributed by atoms with van der Waals surface area (Å²) in [6.45, 7) is 4.20. The van der Waals surface area contributed by atoms with E-state index >= 15 is 0 Å². The highest BCUT2D eigenvalue weighted by Gasteiger charge is 2.06. The van der Waals surface area contributed by atoms with Crippen molar-refractivity contribution in [3.8, 4) is 0 Å². The van der Waals surface area contributed by atoms with Crippen molar-refractivity contribution in [2.45, 2.75) is 26.3 Å². The molecule has 0 aromatic rings. The van der Waals surface area contributed by atoms with Gasteiger partial charge in [0.25, 0.3) is 0 Å². The molecule has 0 bridgehead atoms. The summed E-state index contributed by atoms with van der Waals surface area (Å²) in [6, 6.07) is -0.0515. The molecule has 0 saturated carbocycles. The molecular formula is C8H17NO3. The van der Waals surface area contributed by atoms with Crippen LogP contribution in [0.5, 0.6) is 0 Å². The van der Waals surface area contributed by atoms with E-state index < -0.39 is 5.97 Å². The average Bonchev–Trinajstić information content (AvgIpc) is 1.84. The Hall–Kier alpha value is -0.610. The minimum atomic E-state index is -0.952. The maximum absolute atomic E-state index is 10.0. The molecule has 4 heteroatoms. The molecule has 0 amide bonds. The smallest absolute Gasteiger partial charge is 0.329 e. The van der Waals surface area contributed by atoms with Gasteiger partial charge in [-0.15, -0.1) is 0 Å². The lowest BCUT2D eigenvalue weighted by molar-refractivity contribution is -0.142. The van der Waals surface area contributed by atoms with Crippen LogP contribution >= 0.6 is 0 Å². The third-order valence-electron chi connectivity index (χ3n) is 1.33. The number of aliphatic carboxylic acids is 1. The predicted octanol–water partition coefficient (Wildman–Crippen LogP) is 0.461. The monoisotopic (exact) mass is 175 g/mol. The van der Waals surface area contributed by atoms with Gasteiger partial charge >= 0.3 is 5.97 Å². The lowest BCUT2D eigenvalue weighted by atomic mass is 10.1. The summed E-state index contributed by atoms with van der Waals surface area (Å²) in [6.07, 6.45) is 0.861. The number of carboxylic acids is 1. The molecule has 4 nitrogen and oxygen atoms in total. The molecule has 3 N–H and O–H groups in total. The molecule has 1 atom stereocenters. The number of rotatable bonds is 6. The molecule has 0 saturated heterocycles. The Balaban J connectivity index is 3.31. The number of ether oxygens (including phenoxy) is 1. The van der Waals surface area contributed by atoms with Gasteiger partial charge in [0.05, 0.1) is 6.61 Å². The Morgan fingerprint density at radius 2 is 2.17 bits per heavy atom. The van der Waals surface area contributed by atoms with Crippen LogP contribution in [0.15, 0.2) is 0 Å². The molecule has 0 rings (SSSR count). The molecule has 0 heterocycles. The molecule has 0 aliphatic rings. The van der Waals surface area contributed by atoms with Gasteiger partial charge < -0.3 is 15.6 Å². The van der Waals surface area contributed by atoms with Gasteiger partial charge in [0.1, 0.15) is 6.61 Å². The lowest BCUT2D eigenvalue weighted by Crippen LogP contribution is -2.28. The lowest BCUT2D eigenvalue weighted by Gasteiger charge is -2.12. The van der Waals surface area contributed by atoms with E-state index in [1.54, 1.807) is 0 Å². The van der Waals surface area contributed by atoms with Crippen molar-refractivity contribution in [1.82, 2.24) is 0 Å². The summed E-state index contributed by atoms with van der Waals surface area (Å²) >= 11 is 0. The molecule has 0 aromatic carbocycles. The zero-order valence-electron chi connectivity index (χ0n) is 7.62. The van der Waals surface area contributed by atoms with Crippen molar-refractivity contribution in [3.05, 3.63) is 0 Å². The van der Waals surface area contributed by atoms with Crippen LogP contribution in [0.3, 0.4) is 0 Å². The van der Waals surface area contributed by atoms with E-state index in [0.717, 1.165) is 6.42 Å². The van der Waals surface area contributed by atoms with Crippen LogP contribution in [-0.2, 0) is 9.53 Å². The van der Waals surface area contributed by atoms with Crippen molar-refractivity contribution in [1.29, 1.82) is 0 Å². The molecule has 0 fully saturated rings. The number of carboxylic acid groups (broad SMARTS) is 1. The minimum absolute atomic E-state index is 0.0515. The highest BCUT2D eigenvalue weighted by atomic mass is 16.5. The first kappa shape index (κ1) is 11.4. The van der Waals surface area contributed by atoms with Gasteiger partial charge in [-0.25, -0.2) is 4.79 Å². The Bertz CT molecular complexity index is 136. The van der Waals surface area contributed by atoms with Crippen molar-refractivity contribution in [2.24, 2.45) is 11.7 Å². The van der Waals surface area contributed by atoms with E-state index in [0.29, 0.717) is 12.5 Å². The third-order valence-corrected chi connectivity index (χ3v) is 1.33. The van der Waals surface area contributed by atoms with E-state index in [4.69, 9.17) is 15.6 Å².